The van der Waals surface area contributed by atoms with Crippen LogP contribution in [0.2, 0.25) is 0 Å². The molecule has 2 heterocycles. The van der Waals surface area contributed by atoms with E-state index in [2.05, 4.69) is 15.5 Å². The Morgan fingerprint density at radius 1 is 1.47 bits per heavy atom. The van der Waals surface area contributed by atoms with E-state index in [1.165, 1.54) is 11.0 Å². The maximum Gasteiger partial charge on any atom is 0.308 e. The summed E-state index contributed by atoms with van der Waals surface area (Å²) in [5.41, 5.74) is 0. The molecule has 17 heavy (non-hydrogen) atoms. The SMILES string of the molecule is O=C(O)[C@H]1CCCN(C(=O)Cn2cnnn2)C1. The van der Waals surface area contributed by atoms with Crippen molar-refractivity contribution in [3.63, 3.8) is 0 Å². The molecule has 1 aromatic rings. The van der Waals surface area contributed by atoms with Crippen LogP contribution in [0.3, 0.4) is 0 Å². The Morgan fingerprint density at radius 2 is 2.29 bits per heavy atom. The Labute approximate surface area is 97.2 Å². The first-order valence-electron chi connectivity index (χ1n) is 5.38. The molecule has 1 atom stereocenters. The van der Waals surface area contributed by atoms with Crippen LogP contribution in [-0.4, -0.2) is 55.2 Å². The van der Waals surface area contributed by atoms with Gasteiger partial charge in [0.05, 0.1) is 5.92 Å². The molecule has 2 rings (SSSR count). The van der Waals surface area contributed by atoms with Gasteiger partial charge in [-0.3, -0.25) is 9.59 Å². The Morgan fingerprint density at radius 3 is 2.94 bits per heavy atom. The first kappa shape index (κ1) is 11.5. The summed E-state index contributed by atoms with van der Waals surface area (Å²) in [5, 5.41) is 19.4. The predicted molar refractivity (Wildman–Crippen MR) is 54.8 cm³/mol. The van der Waals surface area contributed by atoms with Crippen molar-refractivity contribution in [1.82, 2.24) is 25.1 Å². The van der Waals surface area contributed by atoms with E-state index in [0.29, 0.717) is 13.0 Å². The highest BCUT2D eigenvalue weighted by atomic mass is 16.4. The van der Waals surface area contributed by atoms with E-state index in [0.717, 1.165) is 6.42 Å². The van der Waals surface area contributed by atoms with Crippen LogP contribution >= 0.6 is 0 Å². The molecule has 0 bridgehead atoms. The number of carbonyl (C=O) groups is 2. The van der Waals surface area contributed by atoms with Crippen LogP contribution in [0.5, 0.6) is 0 Å². The maximum atomic E-state index is 11.9. The monoisotopic (exact) mass is 239 g/mol. The molecule has 1 aliphatic rings. The highest BCUT2D eigenvalue weighted by Gasteiger charge is 2.28. The molecule has 1 N–H and O–H groups in total. The topological polar surface area (TPSA) is 101 Å². The maximum absolute atomic E-state index is 11.9. The van der Waals surface area contributed by atoms with Gasteiger partial charge < -0.3 is 10.0 Å². The zero-order valence-corrected chi connectivity index (χ0v) is 9.19. The highest BCUT2D eigenvalue weighted by molar-refractivity contribution is 5.77. The smallest absolute Gasteiger partial charge is 0.308 e. The number of aliphatic carboxylic acids is 1. The van der Waals surface area contributed by atoms with Crippen LogP contribution in [0.1, 0.15) is 12.8 Å². The predicted octanol–water partition coefficient (Wildman–Crippen LogP) is -1.00. The minimum atomic E-state index is -0.843. The first-order valence-corrected chi connectivity index (χ1v) is 5.38. The van der Waals surface area contributed by atoms with Crippen molar-refractivity contribution in [1.29, 1.82) is 0 Å². The van der Waals surface area contributed by atoms with Gasteiger partial charge in [-0.2, -0.15) is 0 Å². The molecule has 1 amide bonds. The molecule has 1 fully saturated rings. The minimum Gasteiger partial charge on any atom is -0.481 e. The van der Waals surface area contributed by atoms with Crippen molar-refractivity contribution in [3.05, 3.63) is 6.33 Å². The summed E-state index contributed by atoms with van der Waals surface area (Å²) < 4.78 is 1.33. The second kappa shape index (κ2) is 4.89. The summed E-state index contributed by atoms with van der Waals surface area (Å²) in [6.07, 6.45) is 2.71. The molecule has 0 saturated carbocycles. The van der Waals surface area contributed by atoms with Gasteiger partial charge in [-0.1, -0.05) is 0 Å². The molecule has 1 saturated heterocycles. The zero-order chi connectivity index (χ0) is 12.3. The molecule has 92 valence electrons. The molecule has 0 spiro atoms. The number of hydrogen-bond acceptors (Lipinski definition) is 5. The van der Waals surface area contributed by atoms with E-state index in [1.54, 1.807) is 4.90 Å². The lowest BCUT2D eigenvalue weighted by Gasteiger charge is -2.30. The molecule has 0 unspecified atom stereocenters. The van der Waals surface area contributed by atoms with Gasteiger partial charge in [0.15, 0.2) is 0 Å². The van der Waals surface area contributed by atoms with Crippen molar-refractivity contribution in [2.45, 2.75) is 19.4 Å². The number of hydrogen-bond donors (Lipinski definition) is 1. The zero-order valence-electron chi connectivity index (χ0n) is 9.19. The van der Waals surface area contributed by atoms with Crippen LogP contribution in [0.15, 0.2) is 6.33 Å². The van der Waals surface area contributed by atoms with E-state index >= 15 is 0 Å². The number of piperidine rings is 1. The lowest BCUT2D eigenvalue weighted by Crippen LogP contribution is -2.43. The molecule has 0 aromatic carbocycles. The first-order chi connectivity index (χ1) is 8.16. The van der Waals surface area contributed by atoms with Crippen LogP contribution in [0.4, 0.5) is 0 Å². The number of rotatable bonds is 3. The molecule has 1 aliphatic heterocycles. The molecular formula is C9H13N5O3. The standard InChI is InChI=1S/C9H13N5O3/c15-8(5-14-6-10-11-12-14)13-3-1-2-7(4-13)9(16)17/h6-7H,1-5H2,(H,16,17)/t7-/m0/s1. The van der Waals surface area contributed by atoms with E-state index < -0.39 is 11.9 Å². The number of carboxylic acids is 1. The summed E-state index contributed by atoms with van der Waals surface area (Å²) in [6.45, 7) is 0.931. The molecular weight excluding hydrogens is 226 g/mol. The van der Waals surface area contributed by atoms with E-state index in [9.17, 15) is 9.59 Å². The third-order valence-corrected chi connectivity index (χ3v) is 2.81. The lowest BCUT2D eigenvalue weighted by molar-refractivity contribution is -0.145. The van der Waals surface area contributed by atoms with Crippen molar-refractivity contribution in [2.24, 2.45) is 5.92 Å². The number of aromatic nitrogens is 4. The number of tetrazole rings is 1. The number of nitrogens with zero attached hydrogens (tertiary/aromatic N) is 5. The van der Waals surface area contributed by atoms with E-state index in [-0.39, 0.29) is 19.0 Å². The third-order valence-electron chi connectivity index (χ3n) is 2.81. The van der Waals surface area contributed by atoms with Gasteiger partial charge >= 0.3 is 5.97 Å². The minimum absolute atomic E-state index is 0.0549. The van der Waals surface area contributed by atoms with Crippen LogP contribution < -0.4 is 0 Å². The van der Waals surface area contributed by atoms with Gasteiger partial charge in [0.25, 0.3) is 0 Å². The third kappa shape index (κ3) is 2.77. The fraction of sp³-hybridized carbons (Fsp3) is 0.667. The van der Waals surface area contributed by atoms with Crippen LogP contribution in [0, 0.1) is 5.92 Å². The molecule has 8 nitrogen and oxygen atoms in total. The average Bonchev–Trinajstić information content (AvgIpc) is 2.82. The second-order valence-corrected chi connectivity index (χ2v) is 4.02. The summed E-state index contributed by atoms with van der Waals surface area (Å²) in [4.78, 5) is 24.3. The molecule has 0 aliphatic carbocycles. The highest BCUT2D eigenvalue weighted by Crippen LogP contribution is 2.16. The van der Waals surface area contributed by atoms with E-state index in [1.807, 2.05) is 0 Å². The number of likely N-dealkylation sites (tertiary alicyclic amines) is 1. The quantitative estimate of drug-likeness (QED) is 0.725. The molecule has 0 radical (unpaired) electrons. The fourth-order valence-electron chi connectivity index (χ4n) is 1.90. The Kier molecular flexibility index (Phi) is 3.31. The van der Waals surface area contributed by atoms with Crippen molar-refractivity contribution in [3.8, 4) is 0 Å². The number of carboxylic acid groups (broad SMARTS) is 1. The summed E-state index contributed by atoms with van der Waals surface area (Å²) in [6, 6.07) is 0. The summed E-state index contributed by atoms with van der Waals surface area (Å²) >= 11 is 0. The van der Waals surface area contributed by atoms with Crippen LogP contribution in [0.25, 0.3) is 0 Å². The van der Waals surface area contributed by atoms with Crippen molar-refractivity contribution < 1.29 is 14.7 Å². The van der Waals surface area contributed by atoms with Crippen molar-refractivity contribution in [2.75, 3.05) is 13.1 Å². The normalized spacial score (nSPS) is 20.2. The van der Waals surface area contributed by atoms with Gasteiger partial charge in [-0.25, -0.2) is 4.68 Å². The molecule has 8 heteroatoms. The largest absolute Gasteiger partial charge is 0.481 e. The summed E-state index contributed by atoms with van der Waals surface area (Å²) in [7, 11) is 0. The lowest BCUT2D eigenvalue weighted by atomic mass is 9.98. The number of amides is 1. The van der Waals surface area contributed by atoms with Gasteiger partial charge in [-0.05, 0) is 23.3 Å². The van der Waals surface area contributed by atoms with Crippen molar-refractivity contribution >= 4 is 11.9 Å². The fourth-order valence-corrected chi connectivity index (χ4v) is 1.90. The van der Waals surface area contributed by atoms with Crippen LogP contribution in [-0.2, 0) is 16.1 Å². The Bertz CT molecular complexity index is 405. The molecule has 1 aromatic heterocycles. The van der Waals surface area contributed by atoms with Gasteiger partial charge in [0, 0.05) is 13.1 Å². The second-order valence-electron chi connectivity index (χ2n) is 4.02. The van der Waals surface area contributed by atoms with E-state index in [4.69, 9.17) is 5.11 Å². The Hall–Kier alpha value is -1.99. The van der Waals surface area contributed by atoms with Gasteiger partial charge in [-0.15, -0.1) is 5.10 Å². The van der Waals surface area contributed by atoms with Gasteiger partial charge in [0.1, 0.15) is 12.9 Å². The number of carbonyl (C=O) groups excluding carboxylic acids is 1. The summed E-state index contributed by atoms with van der Waals surface area (Å²) in [5.74, 6) is -1.45. The van der Waals surface area contributed by atoms with Gasteiger partial charge in [0.2, 0.25) is 5.91 Å². The average molecular weight is 239 g/mol. The Balaban J connectivity index is 1.93.